The fraction of sp³-hybridized carbons (Fsp3) is 0.611. The molecule has 9 rings (SSSR count). The molecule has 0 radical (unpaired) electrons. The molecule has 4 atom stereocenters. The van der Waals surface area contributed by atoms with Crippen molar-refractivity contribution in [2.24, 2.45) is 10.8 Å². The molecule has 5 aliphatic rings. The van der Waals surface area contributed by atoms with E-state index >= 15 is 0 Å². The second-order valence-electron chi connectivity index (χ2n) is 23.1. The van der Waals surface area contributed by atoms with E-state index in [-0.39, 0.29) is 31.3 Å². The van der Waals surface area contributed by atoms with Crippen LogP contribution in [0.1, 0.15) is 82.5 Å². The Balaban J connectivity index is 1.13. The number of ether oxygens (including phenoxy) is 3. The molecule has 4 N–H and O–H groups in total. The predicted octanol–water partition coefficient (Wildman–Crippen LogP) is 6.72. The fourth-order valence-corrected chi connectivity index (χ4v) is 11.8. The monoisotopic (exact) mass is 1010 g/mol. The van der Waals surface area contributed by atoms with Crippen molar-refractivity contribution >= 4 is 42.6 Å². The Morgan fingerprint density at radius 3 is 2.42 bits per heavy atom. The minimum Gasteiger partial charge on any atom is -0.480 e. The number of aliphatic carboxylic acids is 1. The maximum Gasteiger partial charge on any atom is 0.407 e. The first kappa shape index (κ1) is 51.9. The summed E-state index contributed by atoms with van der Waals surface area (Å²) in [6, 6.07) is 13.2. The maximum atomic E-state index is 14.9. The largest absolute Gasteiger partial charge is 0.480 e. The molecule has 4 aliphatic heterocycles. The van der Waals surface area contributed by atoms with Crippen molar-refractivity contribution in [3.8, 4) is 22.5 Å². The van der Waals surface area contributed by atoms with Gasteiger partial charge < -0.3 is 39.2 Å². The first-order valence-corrected chi connectivity index (χ1v) is 29.9. The number of anilines is 1. The standard InChI is InChI=1S/C54H77N9O8Si/c1-9-62-45-18-15-36(26-39(45)41(28-53(3,4)32-64)48(62)40-27-38(29-55-46(40)35(2)69-5)60-22-20-59(21-23-60)37-16-17-37)42-12-10-13-43(56-42)49(61-30-54(31-61)33-70-34-54)47(57-52(68)71-24-25-72(6,7)8)50(65)63-19-11-14-44(58-63)51(66)67/h10,12-13,15,18,26-27,29,35,37,44,47,49,58,64H,9,11,14,16-17,19-25,28,30-34H2,1-8H3,(H,57,68)(H,66,67)/t35-,44-,47-,49+/m0/s1. The minimum absolute atomic E-state index is 0.00554. The number of carbonyl (C=O) groups excluding carboxylic acids is 2. The summed E-state index contributed by atoms with van der Waals surface area (Å²) in [6.07, 6.45) is 5.06. The second-order valence-corrected chi connectivity index (χ2v) is 28.7. The topological polar surface area (TPSA) is 187 Å². The maximum absolute atomic E-state index is 14.9. The van der Waals surface area contributed by atoms with Crippen molar-refractivity contribution in [3.63, 3.8) is 0 Å². The van der Waals surface area contributed by atoms with Gasteiger partial charge >= 0.3 is 12.1 Å². The molecule has 7 heterocycles. The Morgan fingerprint density at radius 1 is 1.03 bits per heavy atom. The highest BCUT2D eigenvalue weighted by molar-refractivity contribution is 6.76. The number of pyridine rings is 2. The quantitative estimate of drug-likeness (QED) is 0.0725. The number of carboxylic acid groups (broad SMARTS) is 1. The number of hydrogen-bond donors (Lipinski definition) is 4. The molecule has 4 saturated heterocycles. The lowest BCUT2D eigenvalue weighted by molar-refractivity contribution is -0.202. The van der Waals surface area contributed by atoms with Crippen molar-refractivity contribution in [3.05, 3.63) is 65.6 Å². The number of hydrazine groups is 1. The molecule has 3 aromatic heterocycles. The number of rotatable bonds is 19. The number of amides is 2. The van der Waals surface area contributed by atoms with Crippen molar-refractivity contribution in [1.82, 2.24) is 40.1 Å². The zero-order chi connectivity index (χ0) is 51.1. The molecule has 4 aromatic rings. The van der Waals surface area contributed by atoms with E-state index in [0.29, 0.717) is 63.5 Å². The van der Waals surface area contributed by atoms with Gasteiger partial charge in [0, 0.05) is 108 Å². The SMILES string of the molecule is CCn1c(-c2cc(N3CCN(C4CC4)CC3)cnc2[C@H](C)OC)c(CC(C)(C)CO)c2cc(-c3cccc([C@H]([C@H](NC(=O)OCC[Si](C)(C)C)C(=O)N4CCC[C@@H](C(=O)O)N4)N4CC5(COC5)C4)n3)ccc21. The number of likely N-dealkylation sites (tertiary alicyclic amines) is 1. The number of aryl methyl sites for hydroxylation is 1. The van der Waals surface area contributed by atoms with Crippen LogP contribution in [0.4, 0.5) is 10.5 Å². The number of alkyl carbamates (subject to hydrolysis) is 1. The number of nitrogens with one attached hydrogen (secondary N) is 2. The molecule has 390 valence electrons. The number of carboxylic acids is 1. The molecule has 5 fully saturated rings. The van der Waals surface area contributed by atoms with Gasteiger partial charge in [-0.05, 0) is 93.3 Å². The number of aromatic nitrogens is 3. The molecule has 1 saturated carbocycles. The molecule has 0 bridgehead atoms. The lowest BCUT2D eigenvalue weighted by Crippen LogP contribution is -2.70. The van der Waals surface area contributed by atoms with Crippen LogP contribution in [0.5, 0.6) is 0 Å². The highest BCUT2D eigenvalue weighted by Crippen LogP contribution is 2.45. The van der Waals surface area contributed by atoms with E-state index in [2.05, 4.69) is 94.7 Å². The van der Waals surface area contributed by atoms with Gasteiger partial charge in [0.25, 0.3) is 5.91 Å². The third kappa shape index (κ3) is 11.1. The third-order valence-corrected chi connectivity index (χ3v) is 17.3. The number of hydrogen-bond acceptors (Lipinski definition) is 13. The smallest absolute Gasteiger partial charge is 0.407 e. The minimum atomic E-state index is -1.55. The molecule has 1 aromatic carbocycles. The lowest BCUT2D eigenvalue weighted by Gasteiger charge is -2.58. The lowest BCUT2D eigenvalue weighted by atomic mass is 9.76. The first-order chi connectivity index (χ1) is 34.4. The molecule has 0 unspecified atom stereocenters. The van der Waals surface area contributed by atoms with Gasteiger partial charge in [0.1, 0.15) is 12.1 Å². The molecule has 17 nitrogen and oxygen atoms in total. The van der Waals surface area contributed by atoms with E-state index in [1.807, 2.05) is 31.3 Å². The van der Waals surface area contributed by atoms with Crippen LogP contribution in [0.15, 0.2) is 48.7 Å². The van der Waals surface area contributed by atoms with Crippen LogP contribution in [-0.2, 0) is 36.8 Å². The number of piperazine rings is 1. The molecule has 72 heavy (non-hydrogen) atoms. The van der Waals surface area contributed by atoms with Crippen LogP contribution in [0, 0.1) is 10.8 Å². The molecule has 1 aliphatic carbocycles. The molecule has 1 spiro atoms. The Bertz CT molecular complexity index is 2610. The Hall–Kier alpha value is -4.95. The van der Waals surface area contributed by atoms with Crippen molar-refractivity contribution in [2.45, 2.75) is 122 Å². The summed E-state index contributed by atoms with van der Waals surface area (Å²) in [5.74, 6) is -1.50. The number of aliphatic hydroxyl groups is 1. The van der Waals surface area contributed by atoms with Gasteiger partial charge in [0.15, 0.2) is 0 Å². The summed E-state index contributed by atoms with van der Waals surface area (Å²) in [6.45, 7) is 22.7. The van der Waals surface area contributed by atoms with Crippen LogP contribution in [0.3, 0.4) is 0 Å². The van der Waals surface area contributed by atoms with Gasteiger partial charge in [0.05, 0.1) is 66.6 Å². The van der Waals surface area contributed by atoms with E-state index in [9.17, 15) is 24.6 Å². The Labute approximate surface area is 425 Å². The first-order valence-electron chi connectivity index (χ1n) is 26.2. The van der Waals surface area contributed by atoms with Gasteiger partial charge in [-0.1, -0.05) is 45.6 Å². The summed E-state index contributed by atoms with van der Waals surface area (Å²) in [4.78, 5) is 58.7. The molecule has 18 heteroatoms. The van der Waals surface area contributed by atoms with Crippen LogP contribution in [0.2, 0.25) is 25.7 Å². The van der Waals surface area contributed by atoms with E-state index < -0.39 is 49.6 Å². The normalized spacial score (nSPS) is 21.0. The number of fused-ring (bicyclic) bond motifs is 1. The second kappa shape index (κ2) is 21.1. The predicted molar refractivity (Wildman–Crippen MR) is 280 cm³/mol. The number of methoxy groups -OCH3 is 1. The van der Waals surface area contributed by atoms with Crippen molar-refractivity contribution < 1.29 is 38.8 Å². The number of nitrogens with zero attached hydrogens (tertiary/aromatic N) is 7. The highest BCUT2D eigenvalue weighted by Gasteiger charge is 2.54. The van der Waals surface area contributed by atoms with Crippen LogP contribution in [-0.4, -0.2) is 163 Å². The van der Waals surface area contributed by atoms with Crippen LogP contribution < -0.4 is 15.6 Å². The van der Waals surface area contributed by atoms with E-state index in [1.165, 1.54) is 17.9 Å². The summed E-state index contributed by atoms with van der Waals surface area (Å²) in [5, 5.41) is 26.2. The summed E-state index contributed by atoms with van der Waals surface area (Å²) in [7, 11) is 0.173. The van der Waals surface area contributed by atoms with E-state index in [1.54, 1.807) is 7.11 Å². The van der Waals surface area contributed by atoms with Crippen molar-refractivity contribution in [2.75, 3.05) is 84.3 Å². The summed E-state index contributed by atoms with van der Waals surface area (Å²) >= 11 is 0. The fourth-order valence-electron chi connectivity index (χ4n) is 11.1. The van der Waals surface area contributed by atoms with Gasteiger partial charge in [-0.25, -0.2) is 10.2 Å². The molecular weight excluding hydrogens is 931 g/mol. The summed E-state index contributed by atoms with van der Waals surface area (Å²) in [5.41, 5.74) is 10.8. The van der Waals surface area contributed by atoms with Gasteiger partial charge in [0.2, 0.25) is 0 Å². The van der Waals surface area contributed by atoms with Crippen molar-refractivity contribution in [1.29, 1.82) is 0 Å². The zero-order valence-electron chi connectivity index (χ0n) is 43.7. The highest BCUT2D eigenvalue weighted by atomic mass is 28.3. The molecule has 2 amide bonds. The van der Waals surface area contributed by atoms with Crippen LogP contribution in [0.25, 0.3) is 33.4 Å². The average Bonchev–Trinajstić information content (AvgIpc) is 4.15. The zero-order valence-corrected chi connectivity index (χ0v) is 44.7. The average molecular weight is 1010 g/mol. The molecular formula is C54H77N9O8Si. The Kier molecular flexibility index (Phi) is 15.2. The van der Waals surface area contributed by atoms with Gasteiger partial charge in [-0.2, -0.15) is 0 Å². The Morgan fingerprint density at radius 2 is 1.78 bits per heavy atom. The van der Waals surface area contributed by atoms with Gasteiger partial charge in [-0.3, -0.25) is 34.4 Å². The van der Waals surface area contributed by atoms with Crippen LogP contribution >= 0.6 is 0 Å². The van der Waals surface area contributed by atoms with E-state index in [0.717, 1.165) is 82.9 Å². The number of aliphatic hydroxyl groups excluding tert-OH is 1. The third-order valence-electron chi connectivity index (χ3n) is 15.6. The summed E-state index contributed by atoms with van der Waals surface area (Å²) < 4.78 is 19.8. The number of carbonyl (C=O) groups is 3. The van der Waals surface area contributed by atoms with E-state index in [4.69, 9.17) is 24.2 Å². The van der Waals surface area contributed by atoms with Gasteiger partial charge in [-0.15, -0.1) is 0 Å². The number of benzene rings is 1.